The van der Waals surface area contributed by atoms with E-state index in [1.165, 1.54) is 0 Å². The molecule has 150 valence electrons. The van der Waals surface area contributed by atoms with Crippen molar-refractivity contribution < 1.29 is 0 Å². The smallest absolute Gasteiger partial charge is 0.164 e. The van der Waals surface area contributed by atoms with Crippen LogP contribution >= 0.6 is 0 Å². The van der Waals surface area contributed by atoms with Gasteiger partial charge in [0.2, 0.25) is 0 Å². The van der Waals surface area contributed by atoms with Crippen molar-refractivity contribution in [2.75, 3.05) is 0 Å². The first-order valence-electron chi connectivity index (χ1n) is 10.5. The average molecular weight is 410 g/mol. The lowest BCUT2D eigenvalue weighted by Crippen LogP contribution is -2.00. The maximum Gasteiger partial charge on any atom is 0.164 e. The Morgan fingerprint density at radius 1 is 0.469 bits per heavy atom. The van der Waals surface area contributed by atoms with Gasteiger partial charge in [-0.05, 0) is 17.5 Å². The molecule has 0 radical (unpaired) electrons. The molecule has 0 saturated carbocycles. The first kappa shape index (κ1) is 18.3. The molecule has 2 heterocycles. The van der Waals surface area contributed by atoms with Gasteiger partial charge in [-0.3, -0.25) is 4.98 Å². The minimum atomic E-state index is 0.652. The molecular formula is C28H18N4. The molecule has 4 nitrogen and oxygen atoms in total. The first-order chi connectivity index (χ1) is 15.9. The largest absolute Gasteiger partial charge is 0.256 e. The SMILES string of the molecule is c1ccc(-c2nc(-c3ccccc3)nc(-c3cc4cccnc4c4ccccc34)n2)cc1. The highest BCUT2D eigenvalue weighted by atomic mass is 15.0. The summed E-state index contributed by atoms with van der Waals surface area (Å²) >= 11 is 0. The molecule has 0 aliphatic heterocycles. The Morgan fingerprint density at radius 3 is 1.69 bits per heavy atom. The summed E-state index contributed by atoms with van der Waals surface area (Å²) in [6.45, 7) is 0. The highest BCUT2D eigenvalue weighted by Gasteiger charge is 2.15. The monoisotopic (exact) mass is 410 g/mol. The lowest BCUT2D eigenvalue weighted by Gasteiger charge is -2.12. The Kier molecular flexibility index (Phi) is 4.40. The topological polar surface area (TPSA) is 51.6 Å². The number of benzene rings is 4. The van der Waals surface area contributed by atoms with Crippen molar-refractivity contribution in [3.05, 3.63) is 109 Å². The van der Waals surface area contributed by atoms with Crippen molar-refractivity contribution in [1.82, 2.24) is 19.9 Å². The Morgan fingerprint density at radius 2 is 1.03 bits per heavy atom. The molecule has 6 aromatic rings. The van der Waals surface area contributed by atoms with Gasteiger partial charge in [0, 0.05) is 33.7 Å². The number of hydrogen-bond donors (Lipinski definition) is 0. The zero-order valence-electron chi connectivity index (χ0n) is 17.2. The van der Waals surface area contributed by atoms with E-state index in [-0.39, 0.29) is 0 Å². The zero-order valence-corrected chi connectivity index (χ0v) is 17.2. The zero-order chi connectivity index (χ0) is 21.3. The van der Waals surface area contributed by atoms with Crippen molar-refractivity contribution >= 4 is 21.7 Å². The van der Waals surface area contributed by atoms with Gasteiger partial charge in [-0.15, -0.1) is 0 Å². The number of fused-ring (bicyclic) bond motifs is 3. The fraction of sp³-hybridized carbons (Fsp3) is 0. The lowest BCUT2D eigenvalue weighted by atomic mass is 9.99. The maximum absolute atomic E-state index is 4.91. The van der Waals surface area contributed by atoms with Crippen LogP contribution in [0.3, 0.4) is 0 Å². The normalized spacial score (nSPS) is 11.1. The van der Waals surface area contributed by atoms with E-state index >= 15 is 0 Å². The molecule has 0 fully saturated rings. The van der Waals surface area contributed by atoms with Gasteiger partial charge >= 0.3 is 0 Å². The number of aromatic nitrogens is 4. The van der Waals surface area contributed by atoms with Crippen LogP contribution in [-0.4, -0.2) is 19.9 Å². The Bertz CT molecular complexity index is 1500. The van der Waals surface area contributed by atoms with E-state index in [0.717, 1.165) is 38.4 Å². The van der Waals surface area contributed by atoms with Crippen LogP contribution in [-0.2, 0) is 0 Å². The maximum atomic E-state index is 4.91. The summed E-state index contributed by atoms with van der Waals surface area (Å²) in [5, 5.41) is 3.22. The summed E-state index contributed by atoms with van der Waals surface area (Å²) < 4.78 is 0. The van der Waals surface area contributed by atoms with E-state index in [4.69, 9.17) is 15.0 Å². The third-order valence-electron chi connectivity index (χ3n) is 5.55. The second-order valence-corrected chi connectivity index (χ2v) is 7.58. The second-order valence-electron chi connectivity index (χ2n) is 7.58. The van der Waals surface area contributed by atoms with Gasteiger partial charge in [-0.1, -0.05) is 91.0 Å². The van der Waals surface area contributed by atoms with Crippen molar-refractivity contribution in [2.24, 2.45) is 0 Å². The molecule has 6 rings (SSSR count). The minimum Gasteiger partial charge on any atom is -0.256 e. The number of hydrogen-bond acceptors (Lipinski definition) is 4. The van der Waals surface area contributed by atoms with E-state index in [9.17, 15) is 0 Å². The van der Waals surface area contributed by atoms with Gasteiger partial charge in [0.25, 0.3) is 0 Å². The predicted octanol–water partition coefficient (Wildman–Crippen LogP) is 6.57. The Balaban J connectivity index is 1.67. The molecule has 0 aliphatic rings. The number of rotatable bonds is 3. The molecule has 2 aromatic heterocycles. The van der Waals surface area contributed by atoms with Gasteiger partial charge in [0.1, 0.15) is 0 Å². The van der Waals surface area contributed by atoms with Gasteiger partial charge in [-0.25, -0.2) is 15.0 Å². The molecule has 4 heteroatoms. The van der Waals surface area contributed by atoms with Crippen LogP contribution in [0.25, 0.3) is 55.8 Å². The summed E-state index contributed by atoms with van der Waals surface area (Å²) in [7, 11) is 0. The molecule has 0 spiro atoms. The van der Waals surface area contributed by atoms with Gasteiger partial charge in [-0.2, -0.15) is 0 Å². The van der Waals surface area contributed by atoms with Crippen LogP contribution in [0, 0.1) is 0 Å². The van der Waals surface area contributed by atoms with Crippen LogP contribution in [0.2, 0.25) is 0 Å². The third-order valence-corrected chi connectivity index (χ3v) is 5.55. The molecule has 4 aromatic carbocycles. The molecule has 0 bridgehead atoms. The standard InChI is InChI=1S/C28H18N4/c1-3-10-19(11-4-1)26-30-27(20-12-5-2-6-13-20)32-28(31-26)24-18-21-14-9-17-29-25(21)23-16-8-7-15-22(23)24/h1-18H. The van der Waals surface area contributed by atoms with Crippen molar-refractivity contribution in [3.63, 3.8) is 0 Å². The van der Waals surface area contributed by atoms with E-state index in [1.807, 2.05) is 85.1 Å². The van der Waals surface area contributed by atoms with E-state index in [1.54, 1.807) is 0 Å². The van der Waals surface area contributed by atoms with Crippen LogP contribution in [0.15, 0.2) is 109 Å². The predicted molar refractivity (Wildman–Crippen MR) is 129 cm³/mol. The average Bonchev–Trinajstić information content (AvgIpc) is 2.89. The summed E-state index contributed by atoms with van der Waals surface area (Å²) in [6.07, 6.45) is 1.83. The van der Waals surface area contributed by atoms with Gasteiger partial charge < -0.3 is 0 Å². The van der Waals surface area contributed by atoms with Crippen LogP contribution in [0.1, 0.15) is 0 Å². The molecule has 0 N–H and O–H groups in total. The van der Waals surface area contributed by atoms with E-state index in [0.29, 0.717) is 17.5 Å². The summed E-state index contributed by atoms with van der Waals surface area (Å²) in [5.41, 5.74) is 3.87. The van der Waals surface area contributed by atoms with E-state index in [2.05, 4.69) is 29.2 Å². The number of nitrogens with zero attached hydrogens (tertiary/aromatic N) is 4. The lowest BCUT2D eigenvalue weighted by molar-refractivity contribution is 1.08. The summed E-state index contributed by atoms with van der Waals surface area (Å²) in [4.78, 5) is 19.3. The minimum absolute atomic E-state index is 0.652. The van der Waals surface area contributed by atoms with Crippen molar-refractivity contribution in [3.8, 4) is 34.2 Å². The molecule has 0 aliphatic carbocycles. The fourth-order valence-electron chi connectivity index (χ4n) is 4.03. The van der Waals surface area contributed by atoms with Crippen molar-refractivity contribution in [2.45, 2.75) is 0 Å². The third kappa shape index (κ3) is 3.19. The first-order valence-corrected chi connectivity index (χ1v) is 10.5. The molecule has 32 heavy (non-hydrogen) atoms. The molecule has 0 amide bonds. The molecular weight excluding hydrogens is 392 g/mol. The molecule has 0 saturated heterocycles. The fourth-order valence-corrected chi connectivity index (χ4v) is 4.03. The highest BCUT2D eigenvalue weighted by molar-refractivity contribution is 6.11. The quantitative estimate of drug-likeness (QED) is 0.310. The highest BCUT2D eigenvalue weighted by Crippen LogP contribution is 2.34. The summed E-state index contributed by atoms with van der Waals surface area (Å²) in [6, 6.07) is 34.5. The van der Waals surface area contributed by atoms with Gasteiger partial charge in [0.15, 0.2) is 17.5 Å². The van der Waals surface area contributed by atoms with E-state index < -0.39 is 0 Å². The Hall–Kier alpha value is -4.44. The number of pyridine rings is 1. The Labute approximate surface area is 185 Å². The summed E-state index contributed by atoms with van der Waals surface area (Å²) in [5.74, 6) is 1.97. The molecule has 0 unspecified atom stereocenters. The van der Waals surface area contributed by atoms with Crippen LogP contribution in [0.4, 0.5) is 0 Å². The second kappa shape index (κ2) is 7.67. The van der Waals surface area contributed by atoms with Crippen LogP contribution < -0.4 is 0 Å². The van der Waals surface area contributed by atoms with Crippen LogP contribution in [0.5, 0.6) is 0 Å². The van der Waals surface area contributed by atoms with Gasteiger partial charge in [0.05, 0.1) is 5.52 Å². The van der Waals surface area contributed by atoms with Crippen molar-refractivity contribution in [1.29, 1.82) is 0 Å². The molecule has 0 atom stereocenters.